The molecule has 0 aliphatic heterocycles. The van der Waals surface area contributed by atoms with Gasteiger partial charge in [0.1, 0.15) is 12.1 Å². The predicted molar refractivity (Wildman–Crippen MR) is 81.1 cm³/mol. The summed E-state index contributed by atoms with van der Waals surface area (Å²) in [5, 5.41) is 4.13. The molecule has 0 amide bonds. The largest absolute Gasteiger partial charge is 0.439 e. The summed E-state index contributed by atoms with van der Waals surface area (Å²) in [7, 11) is 1.61. The lowest BCUT2D eigenvalue weighted by Gasteiger charge is -2.09. The molecule has 0 unspecified atom stereocenters. The van der Waals surface area contributed by atoms with E-state index in [1.807, 2.05) is 18.2 Å². The number of nitrogens with zero attached hydrogens (tertiary/aromatic N) is 6. The number of ether oxygens (including phenoxy) is 2. The lowest BCUT2D eigenvalue weighted by Crippen LogP contribution is -2.02. The van der Waals surface area contributed by atoms with E-state index in [-0.39, 0.29) is 0 Å². The van der Waals surface area contributed by atoms with Gasteiger partial charge in [0.25, 0.3) is 5.78 Å². The molecule has 0 saturated carbocycles. The van der Waals surface area contributed by atoms with Gasteiger partial charge < -0.3 is 9.47 Å². The van der Waals surface area contributed by atoms with E-state index in [0.717, 1.165) is 11.0 Å². The molecule has 8 nitrogen and oxygen atoms in total. The standard InChI is InChI=1S/C15H12N6O2/c1-22-8-10-6-14(21-15(20-10)18-9-19-21)23-11-2-3-12-13(7-11)17-5-4-16-12/h2-7,9H,8H2,1H3. The lowest BCUT2D eigenvalue weighted by molar-refractivity contribution is 0.181. The first-order valence-corrected chi connectivity index (χ1v) is 6.91. The first-order chi connectivity index (χ1) is 11.3. The Morgan fingerprint density at radius 3 is 2.78 bits per heavy atom. The van der Waals surface area contributed by atoms with Crippen LogP contribution < -0.4 is 4.74 Å². The van der Waals surface area contributed by atoms with Gasteiger partial charge in [-0.15, -0.1) is 0 Å². The van der Waals surface area contributed by atoms with Crippen molar-refractivity contribution in [2.24, 2.45) is 0 Å². The minimum Gasteiger partial charge on any atom is -0.439 e. The lowest BCUT2D eigenvalue weighted by atomic mass is 10.3. The molecule has 0 radical (unpaired) electrons. The van der Waals surface area contributed by atoms with Gasteiger partial charge in [-0.1, -0.05) is 0 Å². The fourth-order valence-corrected chi connectivity index (χ4v) is 2.25. The fraction of sp³-hybridized carbons (Fsp3) is 0.133. The second kappa shape index (κ2) is 5.58. The van der Waals surface area contributed by atoms with Crippen LogP contribution in [0.25, 0.3) is 16.8 Å². The Bertz CT molecular complexity index is 984. The highest BCUT2D eigenvalue weighted by Gasteiger charge is 2.10. The van der Waals surface area contributed by atoms with Crippen LogP contribution in [0.3, 0.4) is 0 Å². The Morgan fingerprint density at radius 1 is 1.04 bits per heavy atom. The third-order valence-electron chi connectivity index (χ3n) is 3.23. The van der Waals surface area contributed by atoms with Crippen molar-refractivity contribution in [2.75, 3.05) is 7.11 Å². The monoisotopic (exact) mass is 308 g/mol. The van der Waals surface area contributed by atoms with Gasteiger partial charge in [0.15, 0.2) is 0 Å². The number of fused-ring (bicyclic) bond motifs is 2. The number of benzene rings is 1. The first kappa shape index (κ1) is 13.5. The van der Waals surface area contributed by atoms with Crippen LogP contribution in [-0.4, -0.2) is 36.7 Å². The van der Waals surface area contributed by atoms with Crippen molar-refractivity contribution in [1.82, 2.24) is 29.5 Å². The Balaban J connectivity index is 1.76. The molecule has 1 aromatic carbocycles. The van der Waals surface area contributed by atoms with Crippen LogP contribution >= 0.6 is 0 Å². The molecule has 0 fully saturated rings. The van der Waals surface area contributed by atoms with Gasteiger partial charge in [0, 0.05) is 31.6 Å². The smallest absolute Gasteiger partial charge is 0.255 e. The van der Waals surface area contributed by atoms with Crippen molar-refractivity contribution in [3.63, 3.8) is 0 Å². The van der Waals surface area contributed by atoms with E-state index in [0.29, 0.717) is 29.7 Å². The van der Waals surface area contributed by atoms with Gasteiger partial charge in [-0.25, -0.2) is 4.98 Å². The van der Waals surface area contributed by atoms with Gasteiger partial charge in [-0.05, 0) is 12.1 Å². The average Bonchev–Trinajstić information content (AvgIpc) is 3.04. The van der Waals surface area contributed by atoms with Crippen LogP contribution in [-0.2, 0) is 11.3 Å². The molecule has 4 aromatic rings. The van der Waals surface area contributed by atoms with Crippen LogP contribution in [0.5, 0.6) is 11.6 Å². The maximum absolute atomic E-state index is 5.94. The van der Waals surface area contributed by atoms with E-state index in [1.54, 1.807) is 25.6 Å². The third-order valence-corrected chi connectivity index (χ3v) is 3.23. The number of aromatic nitrogens is 6. The van der Waals surface area contributed by atoms with E-state index in [9.17, 15) is 0 Å². The summed E-state index contributed by atoms with van der Waals surface area (Å²) in [5.74, 6) is 1.59. The third kappa shape index (κ3) is 2.55. The highest BCUT2D eigenvalue weighted by Crippen LogP contribution is 2.24. The number of methoxy groups -OCH3 is 1. The van der Waals surface area contributed by atoms with Crippen molar-refractivity contribution < 1.29 is 9.47 Å². The summed E-state index contributed by atoms with van der Waals surface area (Å²) < 4.78 is 12.6. The van der Waals surface area contributed by atoms with Crippen LogP contribution in [0.4, 0.5) is 0 Å². The van der Waals surface area contributed by atoms with Crippen LogP contribution in [0.15, 0.2) is 43.0 Å². The van der Waals surface area contributed by atoms with Crippen LogP contribution in [0, 0.1) is 0 Å². The van der Waals surface area contributed by atoms with Crippen molar-refractivity contribution >= 4 is 16.8 Å². The summed E-state index contributed by atoms with van der Waals surface area (Å²) in [6.45, 7) is 0.364. The Labute approximate surface area is 130 Å². The Hall–Kier alpha value is -3.13. The zero-order valence-corrected chi connectivity index (χ0v) is 12.2. The summed E-state index contributed by atoms with van der Waals surface area (Å²) in [6, 6.07) is 7.28. The van der Waals surface area contributed by atoms with Crippen LogP contribution in [0.2, 0.25) is 0 Å². The highest BCUT2D eigenvalue weighted by atomic mass is 16.5. The molecule has 3 heterocycles. The predicted octanol–water partition coefficient (Wildman–Crippen LogP) is 2.01. The van der Waals surface area contributed by atoms with Gasteiger partial charge in [-0.3, -0.25) is 9.97 Å². The van der Waals surface area contributed by atoms with Crippen molar-refractivity contribution in [2.45, 2.75) is 6.61 Å². The first-order valence-electron chi connectivity index (χ1n) is 6.91. The fourth-order valence-electron chi connectivity index (χ4n) is 2.25. The van der Waals surface area contributed by atoms with Gasteiger partial charge >= 0.3 is 0 Å². The molecule has 0 N–H and O–H groups in total. The zero-order chi connectivity index (χ0) is 15.6. The summed E-state index contributed by atoms with van der Waals surface area (Å²) in [5.41, 5.74) is 2.27. The maximum Gasteiger partial charge on any atom is 0.255 e. The summed E-state index contributed by atoms with van der Waals surface area (Å²) >= 11 is 0. The highest BCUT2D eigenvalue weighted by molar-refractivity contribution is 5.75. The zero-order valence-electron chi connectivity index (χ0n) is 12.2. The molecule has 0 aliphatic rings. The minimum absolute atomic E-state index is 0.364. The quantitative estimate of drug-likeness (QED) is 0.570. The molecule has 0 aliphatic carbocycles. The molecule has 0 atom stereocenters. The Morgan fingerprint density at radius 2 is 1.91 bits per heavy atom. The molecule has 4 rings (SSSR count). The molecule has 8 heteroatoms. The number of rotatable bonds is 4. The normalized spacial score (nSPS) is 11.2. The molecular weight excluding hydrogens is 296 g/mol. The van der Waals surface area contributed by atoms with Gasteiger partial charge in [0.2, 0.25) is 5.88 Å². The summed E-state index contributed by atoms with van der Waals surface area (Å²) in [4.78, 5) is 16.9. The minimum atomic E-state index is 0.364. The van der Waals surface area contributed by atoms with Gasteiger partial charge in [0.05, 0.1) is 23.3 Å². The molecule has 23 heavy (non-hydrogen) atoms. The molecule has 0 spiro atoms. The topological polar surface area (TPSA) is 87.3 Å². The van der Waals surface area contributed by atoms with E-state index in [1.165, 1.54) is 10.8 Å². The number of hydrogen-bond donors (Lipinski definition) is 0. The molecule has 0 bridgehead atoms. The average molecular weight is 308 g/mol. The van der Waals surface area contributed by atoms with Crippen molar-refractivity contribution in [3.05, 3.63) is 48.7 Å². The number of hydrogen-bond acceptors (Lipinski definition) is 7. The van der Waals surface area contributed by atoms with Gasteiger partial charge in [-0.2, -0.15) is 14.6 Å². The van der Waals surface area contributed by atoms with Crippen LogP contribution in [0.1, 0.15) is 5.69 Å². The molecule has 114 valence electrons. The summed E-state index contributed by atoms with van der Waals surface area (Å²) in [6.07, 6.45) is 4.73. The van der Waals surface area contributed by atoms with E-state index in [2.05, 4.69) is 25.0 Å². The molecular formula is C15H12N6O2. The van der Waals surface area contributed by atoms with E-state index >= 15 is 0 Å². The SMILES string of the molecule is COCc1cc(Oc2ccc3nccnc3c2)n2ncnc2n1. The van der Waals surface area contributed by atoms with E-state index in [4.69, 9.17) is 9.47 Å². The van der Waals surface area contributed by atoms with Crippen molar-refractivity contribution in [1.29, 1.82) is 0 Å². The maximum atomic E-state index is 5.94. The second-order valence-corrected chi connectivity index (χ2v) is 4.80. The molecule has 3 aromatic heterocycles. The second-order valence-electron chi connectivity index (χ2n) is 4.80. The Kier molecular flexibility index (Phi) is 3.28. The van der Waals surface area contributed by atoms with E-state index < -0.39 is 0 Å². The van der Waals surface area contributed by atoms with Crippen molar-refractivity contribution in [3.8, 4) is 11.6 Å². The molecule has 0 saturated heterocycles.